The Balaban J connectivity index is 2.20. The molecule has 5 heteroatoms. The Hall–Kier alpha value is -2.56. The summed E-state index contributed by atoms with van der Waals surface area (Å²) in [6.45, 7) is 1.98. The zero-order valence-electron chi connectivity index (χ0n) is 10.9. The van der Waals surface area contributed by atoms with Gasteiger partial charge in [0.05, 0.1) is 11.8 Å². The molecule has 0 aliphatic carbocycles. The van der Waals surface area contributed by atoms with Crippen LogP contribution in [0.25, 0.3) is 22.4 Å². The first-order chi connectivity index (χ1) is 9.70. The molecule has 0 saturated carbocycles. The molecule has 1 aromatic carbocycles. The number of halogens is 1. The van der Waals surface area contributed by atoms with Crippen LogP contribution in [0.1, 0.15) is 12.7 Å². The molecular formula is C15H13FN2O2. The van der Waals surface area contributed by atoms with Gasteiger partial charge >= 0.3 is 0 Å². The lowest BCUT2D eigenvalue weighted by Gasteiger charge is -2.02. The Labute approximate surface area is 115 Å². The molecule has 0 spiro atoms. The number of nitrogens with two attached hydrogens (primary N) is 1. The van der Waals surface area contributed by atoms with Crippen LogP contribution in [0.2, 0.25) is 0 Å². The van der Waals surface area contributed by atoms with E-state index in [0.717, 1.165) is 17.7 Å². The topological polar surface area (TPSA) is 65.2 Å². The number of nitrogen functional groups attached to an aromatic ring is 1. The van der Waals surface area contributed by atoms with Gasteiger partial charge in [0.25, 0.3) is 0 Å². The molecule has 0 atom stereocenters. The summed E-state index contributed by atoms with van der Waals surface area (Å²) >= 11 is 0. The van der Waals surface area contributed by atoms with E-state index in [1.807, 2.05) is 6.92 Å². The number of rotatable bonds is 3. The van der Waals surface area contributed by atoms with Crippen molar-refractivity contribution in [1.29, 1.82) is 0 Å². The molecule has 2 heterocycles. The molecule has 102 valence electrons. The average molecular weight is 272 g/mol. The molecule has 2 N–H and O–H groups in total. The quantitative estimate of drug-likeness (QED) is 0.785. The smallest absolute Gasteiger partial charge is 0.230 e. The number of benzene rings is 1. The van der Waals surface area contributed by atoms with Crippen LogP contribution in [0.15, 0.2) is 45.5 Å². The van der Waals surface area contributed by atoms with E-state index < -0.39 is 0 Å². The minimum absolute atomic E-state index is 0.161. The first-order valence-electron chi connectivity index (χ1n) is 6.28. The highest BCUT2D eigenvalue weighted by Gasteiger charge is 2.21. The molecule has 0 unspecified atom stereocenters. The Kier molecular flexibility index (Phi) is 3.02. The molecule has 20 heavy (non-hydrogen) atoms. The number of hydrogen-bond donors (Lipinski definition) is 1. The average Bonchev–Trinajstić information content (AvgIpc) is 3.04. The molecular weight excluding hydrogens is 259 g/mol. The lowest BCUT2D eigenvalue weighted by Crippen LogP contribution is -1.89. The first-order valence-corrected chi connectivity index (χ1v) is 6.28. The zero-order valence-corrected chi connectivity index (χ0v) is 10.9. The highest BCUT2D eigenvalue weighted by atomic mass is 19.1. The fourth-order valence-electron chi connectivity index (χ4n) is 2.24. The fraction of sp³-hybridized carbons (Fsp3) is 0.133. The van der Waals surface area contributed by atoms with Crippen LogP contribution < -0.4 is 5.73 Å². The van der Waals surface area contributed by atoms with Crippen molar-refractivity contribution in [2.45, 2.75) is 13.3 Å². The maximum atomic E-state index is 13.4. The second-order valence-corrected chi connectivity index (χ2v) is 4.39. The number of hydrogen-bond acceptors (Lipinski definition) is 4. The minimum Gasteiger partial charge on any atom is -0.469 e. The van der Waals surface area contributed by atoms with E-state index in [1.165, 1.54) is 12.1 Å². The summed E-state index contributed by atoms with van der Waals surface area (Å²) in [6.07, 6.45) is 2.31. The Morgan fingerprint density at radius 2 is 2.15 bits per heavy atom. The summed E-state index contributed by atoms with van der Waals surface area (Å²) in [5.41, 5.74) is 8.43. The van der Waals surface area contributed by atoms with Gasteiger partial charge in [0.2, 0.25) is 5.88 Å². The summed E-state index contributed by atoms with van der Waals surface area (Å²) in [4.78, 5) is 0. The van der Waals surface area contributed by atoms with E-state index in [-0.39, 0.29) is 11.7 Å². The summed E-state index contributed by atoms with van der Waals surface area (Å²) in [5, 5.41) is 3.99. The molecule has 0 fully saturated rings. The number of furan rings is 1. The maximum Gasteiger partial charge on any atom is 0.230 e. The van der Waals surface area contributed by atoms with Gasteiger partial charge in [-0.1, -0.05) is 24.2 Å². The normalized spacial score (nSPS) is 10.9. The van der Waals surface area contributed by atoms with Gasteiger partial charge in [0.15, 0.2) is 0 Å². The van der Waals surface area contributed by atoms with Gasteiger partial charge in [-0.05, 0) is 23.8 Å². The lowest BCUT2D eigenvalue weighted by molar-refractivity contribution is 0.439. The minimum atomic E-state index is -0.336. The fourth-order valence-corrected chi connectivity index (χ4v) is 2.24. The summed E-state index contributed by atoms with van der Waals surface area (Å²) in [7, 11) is 0. The molecule has 4 nitrogen and oxygen atoms in total. The molecule has 0 radical (unpaired) electrons. The van der Waals surface area contributed by atoms with E-state index in [4.69, 9.17) is 14.7 Å². The number of aryl methyl sites for hydroxylation is 1. The Morgan fingerprint density at radius 1 is 1.30 bits per heavy atom. The van der Waals surface area contributed by atoms with Gasteiger partial charge in [-0.2, -0.15) is 0 Å². The van der Waals surface area contributed by atoms with Crippen molar-refractivity contribution in [3.63, 3.8) is 0 Å². The van der Waals surface area contributed by atoms with E-state index in [2.05, 4.69) is 5.16 Å². The van der Waals surface area contributed by atoms with Gasteiger partial charge in [-0.3, -0.25) is 0 Å². The second-order valence-electron chi connectivity index (χ2n) is 4.39. The molecule has 3 aromatic rings. The largest absolute Gasteiger partial charge is 0.469 e. The molecule has 0 bridgehead atoms. The van der Waals surface area contributed by atoms with E-state index >= 15 is 0 Å². The maximum absolute atomic E-state index is 13.4. The third-order valence-electron chi connectivity index (χ3n) is 3.15. The summed E-state index contributed by atoms with van der Waals surface area (Å²) < 4.78 is 23.9. The zero-order chi connectivity index (χ0) is 14.1. The number of nitrogens with zero attached hydrogens (tertiary/aromatic N) is 1. The van der Waals surface area contributed by atoms with Crippen LogP contribution in [0, 0.1) is 5.82 Å². The van der Waals surface area contributed by atoms with Crippen molar-refractivity contribution < 1.29 is 13.3 Å². The third kappa shape index (κ3) is 1.97. The van der Waals surface area contributed by atoms with Crippen LogP contribution in [0.4, 0.5) is 10.3 Å². The summed E-state index contributed by atoms with van der Waals surface area (Å²) in [6, 6.07) is 7.97. The SMILES string of the molecule is CCc1occc1-c1noc(N)c1-c1cccc(F)c1. The lowest BCUT2D eigenvalue weighted by atomic mass is 10.0. The molecule has 0 aliphatic rings. The van der Waals surface area contributed by atoms with Crippen LogP contribution in [-0.4, -0.2) is 5.16 Å². The highest BCUT2D eigenvalue weighted by molar-refractivity contribution is 5.87. The van der Waals surface area contributed by atoms with Crippen molar-refractivity contribution in [1.82, 2.24) is 5.16 Å². The molecule has 3 rings (SSSR count). The highest BCUT2D eigenvalue weighted by Crippen LogP contribution is 2.38. The standard InChI is InChI=1S/C15H13FN2O2/c1-2-12-11(6-7-19-12)14-13(15(17)20-18-14)9-4-3-5-10(16)8-9/h3-8H,2,17H2,1H3. The van der Waals surface area contributed by atoms with Gasteiger partial charge in [0.1, 0.15) is 17.3 Å². The van der Waals surface area contributed by atoms with E-state index in [9.17, 15) is 4.39 Å². The Bertz CT molecular complexity index is 746. The van der Waals surface area contributed by atoms with Gasteiger partial charge in [-0.15, -0.1) is 0 Å². The monoisotopic (exact) mass is 272 g/mol. The number of anilines is 1. The van der Waals surface area contributed by atoms with Crippen molar-refractivity contribution in [2.24, 2.45) is 0 Å². The van der Waals surface area contributed by atoms with Crippen LogP contribution in [0.3, 0.4) is 0 Å². The third-order valence-corrected chi connectivity index (χ3v) is 3.15. The Morgan fingerprint density at radius 3 is 2.90 bits per heavy atom. The van der Waals surface area contributed by atoms with Crippen molar-refractivity contribution in [3.05, 3.63) is 48.2 Å². The molecule has 0 aliphatic heterocycles. The number of aromatic nitrogens is 1. The van der Waals surface area contributed by atoms with Crippen molar-refractivity contribution >= 4 is 5.88 Å². The van der Waals surface area contributed by atoms with E-state index in [1.54, 1.807) is 24.5 Å². The van der Waals surface area contributed by atoms with Crippen LogP contribution in [0.5, 0.6) is 0 Å². The van der Waals surface area contributed by atoms with Crippen molar-refractivity contribution in [2.75, 3.05) is 5.73 Å². The van der Waals surface area contributed by atoms with Crippen LogP contribution in [-0.2, 0) is 6.42 Å². The predicted molar refractivity (Wildman–Crippen MR) is 73.4 cm³/mol. The molecule has 2 aromatic heterocycles. The van der Waals surface area contributed by atoms with Crippen molar-refractivity contribution in [3.8, 4) is 22.4 Å². The van der Waals surface area contributed by atoms with Crippen LogP contribution >= 0.6 is 0 Å². The van der Waals surface area contributed by atoms with Gasteiger partial charge < -0.3 is 14.7 Å². The van der Waals surface area contributed by atoms with Gasteiger partial charge in [-0.25, -0.2) is 4.39 Å². The van der Waals surface area contributed by atoms with E-state index in [0.29, 0.717) is 16.8 Å². The second kappa shape index (κ2) is 4.85. The predicted octanol–water partition coefficient (Wildman–Crippen LogP) is 3.89. The van der Waals surface area contributed by atoms with Gasteiger partial charge in [0, 0.05) is 12.0 Å². The molecule has 0 amide bonds. The molecule has 0 saturated heterocycles. The summed E-state index contributed by atoms with van der Waals surface area (Å²) in [5.74, 6) is 0.613. The first kappa shape index (κ1) is 12.5.